The Morgan fingerprint density at radius 2 is 1.91 bits per heavy atom. The maximum atomic E-state index is 13.0. The van der Waals surface area contributed by atoms with Crippen LogP contribution in [0.5, 0.6) is 5.75 Å². The van der Waals surface area contributed by atoms with Gasteiger partial charge in [-0.15, -0.1) is 0 Å². The number of methoxy groups -OCH3 is 1. The maximum Gasteiger partial charge on any atom is 0.428 e. The van der Waals surface area contributed by atoms with Crippen molar-refractivity contribution in [1.82, 2.24) is 0 Å². The Kier molecular flexibility index (Phi) is 5.95. The van der Waals surface area contributed by atoms with Gasteiger partial charge < -0.3 is 14.9 Å². The van der Waals surface area contributed by atoms with Crippen LogP contribution in [0.2, 0.25) is 10.0 Å². The van der Waals surface area contributed by atoms with Crippen LogP contribution in [0.4, 0.5) is 13.2 Å². The van der Waals surface area contributed by atoms with E-state index < -0.39 is 24.2 Å². The normalized spacial score (nSPS) is 15.2. The highest BCUT2D eigenvalue weighted by molar-refractivity contribution is 6.43. The van der Waals surface area contributed by atoms with E-state index in [1.165, 1.54) is 32.2 Å². The Hall–Kier alpha value is -1.44. The Bertz CT molecular complexity index is 644. The van der Waals surface area contributed by atoms with Gasteiger partial charge in [-0.25, -0.2) is 4.79 Å². The quantitative estimate of drug-likeness (QED) is 0.813. The number of hydrogen-bond acceptors (Lipinski definition) is 3. The average molecular weight is 373 g/mol. The summed E-state index contributed by atoms with van der Waals surface area (Å²) < 4.78 is 43.9. The van der Waals surface area contributed by atoms with E-state index in [2.05, 4.69) is 0 Å². The van der Waals surface area contributed by atoms with E-state index in [0.29, 0.717) is 0 Å². The summed E-state index contributed by atoms with van der Waals surface area (Å²) in [6, 6.07) is 2.67. The number of aliphatic carboxylic acids is 1. The summed E-state index contributed by atoms with van der Waals surface area (Å²) in [7, 11) is 1.24. The van der Waals surface area contributed by atoms with Crippen LogP contribution in [0.25, 0.3) is 5.57 Å². The fourth-order valence-electron chi connectivity index (χ4n) is 1.91. The molecule has 0 radical (unpaired) electrons. The summed E-state index contributed by atoms with van der Waals surface area (Å²) >= 11 is 11.8. The van der Waals surface area contributed by atoms with Gasteiger partial charge in [0.15, 0.2) is 0 Å². The first-order chi connectivity index (χ1) is 10.5. The van der Waals surface area contributed by atoms with Crippen LogP contribution in [0.3, 0.4) is 0 Å². The van der Waals surface area contributed by atoms with Gasteiger partial charge in [-0.1, -0.05) is 29.3 Å². The van der Waals surface area contributed by atoms with E-state index in [-0.39, 0.29) is 26.9 Å². The molecular weight excluding hydrogens is 360 g/mol. The second kappa shape index (κ2) is 6.98. The molecule has 0 saturated carbocycles. The molecule has 0 aliphatic carbocycles. The lowest BCUT2D eigenvalue weighted by atomic mass is 9.89. The summed E-state index contributed by atoms with van der Waals surface area (Å²) in [6.07, 6.45) is -5.34. The van der Waals surface area contributed by atoms with Gasteiger partial charge in [0.2, 0.25) is 0 Å². The lowest BCUT2D eigenvalue weighted by Gasteiger charge is -2.27. The number of carboxylic acid groups (broad SMARTS) is 1. The van der Waals surface area contributed by atoms with Crippen molar-refractivity contribution >= 4 is 34.7 Å². The molecule has 23 heavy (non-hydrogen) atoms. The molecule has 1 aromatic rings. The topological polar surface area (TPSA) is 66.8 Å². The van der Waals surface area contributed by atoms with Crippen LogP contribution in [0.15, 0.2) is 18.2 Å². The van der Waals surface area contributed by atoms with Crippen molar-refractivity contribution in [3.05, 3.63) is 33.8 Å². The molecule has 0 bridgehead atoms. The van der Waals surface area contributed by atoms with Gasteiger partial charge in [0.1, 0.15) is 10.8 Å². The highest BCUT2D eigenvalue weighted by atomic mass is 35.5. The number of ether oxygens (including phenoxy) is 1. The molecule has 0 aliphatic heterocycles. The molecule has 1 aromatic carbocycles. The average Bonchev–Trinajstić information content (AvgIpc) is 2.46. The van der Waals surface area contributed by atoms with E-state index in [0.717, 1.165) is 0 Å². The molecule has 1 unspecified atom stereocenters. The molecular formula is C14H13Cl2F3O4. The van der Waals surface area contributed by atoms with Gasteiger partial charge in [-0.3, -0.25) is 0 Å². The molecule has 0 spiro atoms. The Morgan fingerprint density at radius 1 is 1.35 bits per heavy atom. The second-order valence-corrected chi connectivity index (χ2v) is 5.38. The molecule has 0 amide bonds. The minimum Gasteiger partial charge on any atom is -0.494 e. The number of rotatable bonds is 5. The highest BCUT2D eigenvalue weighted by Gasteiger charge is 2.60. The smallest absolute Gasteiger partial charge is 0.428 e. The summed E-state index contributed by atoms with van der Waals surface area (Å²) in [6.45, 7) is 1.40. The third-order valence-corrected chi connectivity index (χ3v) is 4.00. The predicted octanol–water partition coefficient (Wildman–Crippen LogP) is 4.17. The number of aliphatic hydroxyl groups is 1. The molecule has 2 N–H and O–H groups in total. The fraction of sp³-hybridized carbons (Fsp3) is 0.357. The SMILES string of the molecule is CC=C(CC(O)(C(=O)O)C(F)(F)F)c1ccc(Cl)c(Cl)c1OC. The molecule has 128 valence electrons. The van der Waals surface area contributed by atoms with Crippen LogP contribution in [-0.2, 0) is 4.79 Å². The van der Waals surface area contributed by atoms with Crippen LogP contribution in [0.1, 0.15) is 18.9 Å². The van der Waals surface area contributed by atoms with Gasteiger partial charge >= 0.3 is 12.1 Å². The van der Waals surface area contributed by atoms with Crippen LogP contribution in [0, 0.1) is 0 Å². The van der Waals surface area contributed by atoms with Crippen molar-refractivity contribution in [2.45, 2.75) is 25.1 Å². The number of hydrogen-bond donors (Lipinski definition) is 2. The van der Waals surface area contributed by atoms with Gasteiger partial charge in [0.05, 0.1) is 12.1 Å². The first-order valence-corrected chi connectivity index (χ1v) is 6.95. The first kappa shape index (κ1) is 19.6. The minimum atomic E-state index is -5.36. The van der Waals surface area contributed by atoms with Crippen molar-refractivity contribution in [2.75, 3.05) is 7.11 Å². The summed E-state index contributed by atoms with van der Waals surface area (Å²) in [4.78, 5) is 11.0. The number of halogens is 5. The van der Waals surface area contributed by atoms with Crippen molar-refractivity contribution < 1.29 is 32.9 Å². The fourth-order valence-corrected chi connectivity index (χ4v) is 2.30. The monoisotopic (exact) mass is 372 g/mol. The molecule has 4 nitrogen and oxygen atoms in total. The molecule has 0 aliphatic rings. The minimum absolute atomic E-state index is 0.0119. The molecule has 1 rings (SSSR count). The van der Waals surface area contributed by atoms with E-state index >= 15 is 0 Å². The maximum absolute atomic E-state index is 13.0. The number of alkyl halides is 3. The van der Waals surface area contributed by atoms with Crippen molar-refractivity contribution in [1.29, 1.82) is 0 Å². The molecule has 0 saturated heterocycles. The second-order valence-electron chi connectivity index (χ2n) is 4.60. The summed E-state index contributed by atoms with van der Waals surface area (Å²) in [5.41, 5.74) is -3.94. The van der Waals surface area contributed by atoms with Gasteiger partial charge in [-0.05, 0) is 24.6 Å². The van der Waals surface area contributed by atoms with E-state index in [4.69, 9.17) is 33.0 Å². The number of carboxylic acids is 1. The Balaban J connectivity index is 3.42. The molecule has 9 heteroatoms. The lowest BCUT2D eigenvalue weighted by molar-refractivity contribution is -0.258. The van der Waals surface area contributed by atoms with E-state index in [9.17, 15) is 23.1 Å². The van der Waals surface area contributed by atoms with Crippen LogP contribution in [-0.4, -0.2) is 35.1 Å². The first-order valence-electron chi connectivity index (χ1n) is 6.19. The van der Waals surface area contributed by atoms with Crippen molar-refractivity contribution in [2.24, 2.45) is 0 Å². The molecule has 1 atom stereocenters. The molecule has 0 fully saturated rings. The number of allylic oxidation sites excluding steroid dienone is 1. The zero-order valence-corrected chi connectivity index (χ0v) is 13.6. The zero-order valence-electron chi connectivity index (χ0n) is 12.0. The van der Waals surface area contributed by atoms with Crippen molar-refractivity contribution in [3.8, 4) is 5.75 Å². The summed E-state index contributed by atoms with van der Waals surface area (Å²) in [5, 5.41) is 18.5. The lowest BCUT2D eigenvalue weighted by Crippen LogP contribution is -2.52. The van der Waals surface area contributed by atoms with Crippen molar-refractivity contribution in [3.63, 3.8) is 0 Å². The third kappa shape index (κ3) is 3.73. The largest absolute Gasteiger partial charge is 0.494 e. The molecule has 0 heterocycles. The highest BCUT2D eigenvalue weighted by Crippen LogP contribution is 2.43. The van der Waals surface area contributed by atoms with Gasteiger partial charge in [0, 0.05) is 12.0 Å². The zero-order chi connectivity index (χ0) is 18.0. The third-order valence-electron chi connectivity index (χ3n) is 3.22. The Labute approximate surface area is 140 Å². The van der Waals surface area contributed by atoms with E-state index in [1.807, 2.05) is 0 Å². The molecule has 0 aromatic heterocycles. The number of carbonyl (C=O) groups is 1. The Morgan fingerprint density at radius 3 is 2.30 bits per heavy atom. The standard InChI is InChI=1S/C14H13Cl2F3O4/c1-3-7(6-13(22,12(20)21)14(17,18)19)8-4-5-9(15)10(16)11(8)23-2/h3-5,22H,6H2,1-2H3,(H,20,21). The van der Waals surface area contributed by atoms with E-state index in [1.54, 1.807) is 0 Å². The van der Waals surface area contributed by atoms with Crippen LogP contribution >= 0.6 is 23.2 Å². The summed E-state index contributed by atoms with van der Waals surface area (Å²) in [5.74, 6) is -2.41. The van der Waals surface area contributed by atoms with Crippen LogP contribution < -0.4 is 4.74 Å². The predicted molar refractivity (Wildman–Crippen MR) is 79.9 cm³/mol. The van der Waals surface area contributed by atoms with Gasteiger partial charge in [0.25, 0.3) is 5.60 Å². The van der Waals surface area contributed by atoms with Gasteiger partial charge in [-0.2, -0.15) is 13.2 Å². The number of benzene rings is 1.